The minimum absolute atomic E-state index is 0.189. The average molecular weight is 272 g/mol. The van der Waals surface area contributed by atoms with Crippen molar-refractivity contribution in [3.8, 4) is 0 Å². The largest absolute Gasteiger partial charge is 0.478 e. The van der Waals surface area contributed by atoms with Crippen LogP contribution in [0, 0.1) is 0 Å². The quantitative estimate of drug-likeness (QED) is 0.777. The van der Waals surface area contributed by atoms with Crippen LogP contribution in [0.15, 0.2) is 28.8 Å². The summed E-state index contributed by atoms with van der Waals surface area (Å²) < 4.78 is 7.15. The maximum Gasteiger partial charge on any atom is 0.335 e. The van der Waals surface area contributed by atoms with Gasteiger partial charge in [-0.1, -0.05) is 12.1 Å². The Bertz CT molecular complexity index is 775. The number of fused-ring (bicyclic) bond motifs is 1. The molecule has 0 bridgehead atoms. The lowest BCUT2D eigenvalue weighted by atomic mass is 10.2. The predicted octanol–water partition coefficient (Wildman–Crippen LogP) is 1.73. The molecule has 0 aliphatic carbocycles. The predicted molar refractivity (Wildman–Crippen MR) is 69.5 cm³/mol. The molecule has 0 unspecified atom stereocenters. The van der Waals surface area contributed by atoms with Crippen LogP contribution in [0.4, 0.5) is 0 Å². The molecule has 0 saturated carbocycles. The summed E-state index contributed by atoms with van der Waals surface area (Å²) in [5, 5.41) is 16.9. The Morgan fingerprint density at radius 2 is 2.30 bits per heavy atom. The molecular weight excluding hydrogens is 260 g/mol. The molecule has 0 fully saturated rings. The molecule has 102 valence electrons. The van der Waals surface area contributed by atoms with E-state index in [4.69, 9.17) is 9.52 Å². The van der Waals surface area contributed by atoms with Crippen LogP contribution in [-0.4, -0.2) is 31.1 Å². The number of hydrogen-bond donors (Lipinski definition) is 1. The van der Waals surface area contributed by atoms with E-state index in [0.717, 1.165) is 17.7 Å². The summed E-state index contributed by atoms with van der Waals surface area (Å²) in [6.07, 6.45) is 2.48. The van der Waals surface area contributed by atoms with Crippen LogP contribution in [0.25, 0.3) is 11.0 Å². The summed E-state index contributed by atoms with van der Waals surface area (Å²) in [5.74, 6) is 0.385. The number of carboxylic acids is 1. The molecule has 3 aromatic rings. The van der Waals surface area contributed by atoms with E-state index in [0.29, 0.717) is 18.0 Å². The molecule has 7 nitrogen and oxygen atoms in total. The van der Waals surface area contributed by atoms with Crippen LogP contribution in [0.3, 0.4) is 0 Å². The first-order valence-electron chi connectivity index (χ1n) is 6.17. The molecule has 1 aromatic carbocycles. The molecular formula is C13H12N4O3. The third-order valence-electron chi connectivity index (χ3n) is 3.00. The highest BCUT2D eigenvalue weighted by Crippen LogP contribution is 2.15. The van der Waals surface area contributed by atoms with Gasteiger partial charge in [-0.15, -0.1) is 5.10 Å². The van der Waals surface area contributed by atoms with Crippen molar-refractivity contribution in [3.63, 3.8) is 0 Å². The molecule has 2 heterocycles. The van der Waals surface area contributed by atoms with Crippen molar-refractivity contribution < 1.29 is 14.3 Å². The fourth-order valence-corrected chi connectivity index (χ4v) is 1.93. The lowest BCUT2D eigenvalue weighted by molar-refractivity contribution is 0.0697. The van der Waals surface area contributed by atoms with E-state index in [2.05, 4.69) is 15.3 Å². The van der Waals surface area contributed by atoms with Crippen molar-refractivity contribution in [2.24, 2.45) is 0 Å². The second-order valence-corrected chi connectivity index (χ2v) is 4.33. The van der Waals surface area contributed by atoms with Crippen LogP contribution in [0.5, 0.6) is 0 Å². The van der Waals surface area contributed by atoms with Gasteiger partial charge in [0.25, 0.3) is 0 Å². The van der Waals surface area contributed by atoms with Gasteiger partial charge in [-0.05, 0) is 18.2 Å². The SMILES string of the molecule is CCc1cnc(Cn2nnc3cc(C(=O)O)ccc32)o1. The third-order valence-corrected chi connectivity index (χ3v) is 3.00. The Labute approximate surface area is 113 Å². The van der Waals surface area contributed by atoms with E-state index in [1.54, 1.807) is 16.9 Å². The smallest absolute Gasteiger partial charge is 0.335 e. The van der Waals surface area contributed by atoms with Crippen molar-refractivity contribution >= 4 is 17.0 Å². The van der Waals surface area contributed by atoms with Crippen molar-refractivity contribution in [3.05, 3.63) is 41.6 Å². The number of oxazole rings is 1. The van der Waals surface area contributed by atoms with Gasteiger partial charge < -0.3 is 9.52 Å². The fourth-order valence-electron chi connectivity index (χ4n) is 1.93. The molecule has 0 aliphatic rings. The third kappa shape index (κ3) is 2.13. The van der Waals surface area contributed by atoms with Gasteiger partial charge in [0.05, 0.1) is 17.3 Å². The number of benzene rings is 1. The summed E-state index contributed by atoms with van der Waals surface area (Å²) in [6, 6.07) is 4.70. The number of rotatable bonds is 4. The Morgan fingerprint density at radius 1 is 1.45 bits per heavy atom. The van der Waals surface area contributed by atoms with E-state index < -0.39 is 5.97 Å². The monoisotopic (exact) mass is 272 g/mol. The second-order valence-electron chi connectivity index (χ2n) is 4.33. The maximum atomic E-state index is 10.9. The standard InChI is InChI=1S/C13H12N4O3/c1-2-9-6-14-12(20-9)7-17-11-4-3-8(13(18)19)5-10(11)15-16-17/h3-6H,2,7H2,1H3,(H,18,19). The molecule has 1 N–H and O–H groups in total. The normalized spacial score (nSPS) is 11.1. The number of nitrogens with zero attached hydrogens (tertiary/aromatic N) is 4. The van der Waals surface area contributed by atoms with E-state index in [9.17, 15) is 4.79 Å². The second kappa shape index (κ2) is 4.76. The molecule has 0 saturated heterocycles. The number of hydrogen-bond acceptors (Lipinski definition) is 5. The Kier molecular flexibility index (Phi) is 2.94. The van der Waals surface area contributed by atoms with Gasteiger partial charge in [-0.2, -0.15) is 0 Å². The lowest BCUT2D eigenvalue weighted by Crippen LogP contribution is -2.02. The summed E-state index contributed by atoms with van der Waals surface area (Å²) in [4.78, 5) is 15.1. The van der Waals surface area contributed by atoms with Crippen molar-refractivity contribution in [2.75, 3.05) is 0 Å². The van der Waals surface area contributed by atoms with Crippen LogP contribution >= 0.6 is 0 Å². The van der Waals surface area contributed by atoms with Gasteiger partial charge in [-0.3, -0.25) is 0 Å². The zero-order valence-corrected chi connectivity index (χ0v) is 10.8. The Hall–Kier alpha value is -2.70. The van der Waals surface area contributed by atoms with Crippen molar-refractivity contribution in [1.29, 1.82) is 0 Å². The fraction of sp³-hybridized carbons (Fsp3) is 0.231. The minimum Gasteiger partial charge on any atom is -0.478 e. The topological polar surface area (TPSA) is 94.0 Å². The Morgan fingerprint density at radius 3 is 3.00 bits per heavy atom. The van der Waals surface area contributed by atoms with Gasteiger partial charge in [0.15, 0.2) is 0 Å². The molecule has 0 aliphatic heterocycles. The summed E-state index contributed by atoms with van der Waals surface area (Å²) in [5.41, 5.74) is 1.47. The van der Waals surface area contributed by atoms with E-state index in [-0.39, 0.29) is 5.56 Å². The Balaban J connectivity index is 1.94. The molecule has 3 rings (SSSR count). The highest BCUT2D eigenvalue weighted by atomic mass is 16.4. The van der Waals surface area contributed by atoms with E-state index in [1.165, 1.54) is 12.1 Å². The first-order chi connectivity index (χ1) is 9.67. The highest BCUT2D eigenvalue weighted by molar-refractivity contribution is 5.92. The molecule has 7 heteroatoms. The number of carbonyl (C=O) groups is 1. The average Bonchev–Trinajstić information content (AvgIpc) is 3.06. The molecule has 0 spiro atoms. The van der Waals surface area contributed by atoms with Gasteiger partial charge in [0, 0.05) is 6.42 Å². The van der Waals surface area contributed by atoms with Crippen molar-refractivity contribution in [2.45, 2.75) is 19.9 Å². The van der Waals surface area contributed by atoms with Crippen LogP contribution in [-0.2, 0) is 13.0 Å². The summed E-state index contributed by atoms with van der Waals surface area (Å²) in [7, 11) is 0. The maximum absolute atomic E-state index is 10.9. The zero-order chi connectivity index (χ0) is 14.1. The number of carboxylic acid groups (broad SMARTS) is 1. The van der Waals surface area contributed by atoms with Gasteiger partial charge in [0.1, 0.15) is 17.8 Å². The van der Waals surface area contributed by atoms with Gasteiger partial charge in [-0.25, -0.2) is 14.5 Å². The van der Waals surface area contributed by atoms with Crippen LogP contribution in [0.1, 0.15) is 28.9 Å². The summed E-state index contributed by atoms with van der Waals surface area (Å²) >= 11 is 0. The van der Waals surface area contributed by atoms with Gasteiger partial charge >= 0.3 is 5.97 Å². The van der Waals surface area contributed by atoms with E-state index in [1.807, 2.05) is 6.92 Å². The van der Waals surface area contributed by atoms with Crippen molar-refractivity contribution in [1.82, 2.24) is 20.0 Å². The minimum atomic E-state index is -0.985. The zero-order valence-electron chi connectivity index (χ0n) is 10.8. The number of aryl methyl sites for hydroxylation is 1. The first-order valence-corrected chi connectivity index (χ1v) is 6.17. The molecule has 0 amide bonds. The molecule has 2 aromatic heterocycles. The van der Waals surface area contributed by atoms with Crippen LogP contribution < -0.4 is 0 Å². The number of aromatic carboxylic acids is 1. The molecule has 20 heavy (non-hydrogen) atoms. The molecule has 0 atom stereocenters. The van der Waals surface area contributed by atoms with Gasteiger partial charge in [0.2, 0.25) is 5.89 Å². The summed E-state index contributed by atoms with van der Waals surface area (Å²) in [6.45, 7) is 2.35. The number of aromatic nitrogens is 4. The lowest BCUT2D eigenvalue weighted by Gasteiger charge is -1.99. The highest BCUT2D eigenvalue weighted by Gasteiger charge is 2.11. The van der Waals surface area contributed by atoms with Crippen LogP contribution in [0.2, 0.25) is 0 Å². The first kappa shape index (κ1) is 12.3. The van der Waals surface area contributed by atoms with E-state index >= 15 is 0 Å². The molecule has 0 radical (unpaired) electrons.